The van der Waals surface area contributed by atoms with Crippen LogP contribution >= 0.6 is 11.3 Å². The molecule has 0 aliphatic carbocycles. The van der Waals surface area contributed by atoms with Gasteiger partial charge in [0, 0.05) is 18.3 Å². The van der Waals surface area contributed by atoms with Crippen molar-refractivity contribution in [3.8, 4) is 16.3 Å². The van der Waals surface area contributed by atoms with E-state index in [9.17, 15) is 4.79 Å². The van der Waals surface area contributed by atoms with Gasteiger partial charge in [0.25, 0.3) is 0 Å². The fourth-order valence-corrected chi connectivity index (χ4v) is 4.13. The van der Waals surface area contributed by atoms with E-state index in [2.05, 4.69) is 10.7 Å². The lowest BCUT2D eigenvalue weighted by Crippen LogP contribution is -2.24. The zero-order valence-electron chi connectivity index (χ0n) is 15.1. The molecule has 2 aromatic carbocycles. The molecular formula is C21H21N3O2S. The summed E-state index contributed by atoms with van der Waals surface area (Å²) in [6, 6.07) is 15.8. The van der Waals surface area contributed by atoms with Crippen LogP contribution in [0.25, 0.3) is 10.6 Å². The van der Waals surface area contributed by atoms with Gasteiger partial charge < -0.3 is 15.0 Å². The molecule has 0 radical (unpaired) electrons. The van der Waals surface area contributed by atoms with Crippen LogP contribution in [0.15, 0.2) is 53.9 Å². The van der Waals surface area contributed by atoms with Crippen LogP contribution in [0, 0.1) is 0 Å². The van der Waals surface area contributed by atoms with Gasteiger partial charge in [-0.2, -0.15) is 0 Å². The summed E-state index contributed by atoms with van der Waals surface area (Å²) in [6.45, 7) is 1.39. The fraction of sp³-hybridized carbons (Fsp3) is 0.238. The topological polar surface area (TPSA) is 54.5 Å². The molecular weight excluding hydrogens is 358 g/mol. The number of methoxy groups -OCH3 is 1. The lowest BCUT2D eigenvalue weighted by molar-refractivity contribution is -0.117. The molecule has 1 aliphatic rings. The Morgan fingerprint density at radius 3 is 2.81 bits per heavy atom. The number of amides is 1. The van der Waals surface area contributed by atoms with Gasteiger partial charge in [0.15, 0.2) is 0 Å². The van der Waals surface area contributed by atoms with E-state index in [4.69, 9.17) is 9.72 Å². The average Bonchev–Trinajstić information content (AvgIpc) is 3.35. The van der Waals surface area contributed by atoms with E-state index in [0.717, 1.165) is 46.4 Å². The smallest absolute Gasteiger partial charge is 0.227 e. The average molecular weight is 379 g/mol. The molecule has 2 heterocycles. The number of carbonyl (C=O) groups is 1. The molecule has 0 bridgehead atoms. The van der Waals surface area contributed by atoms with Crippen molar-refractivity contribution >= 4 is 28.6 Å². The lowest BCUT2D eigenvalue weighted by Gasteiger charge is -2.20. The van der Waals surface area contributed by atoms with E-state index in [-0.39, 0.29) is 5.91 Å². The molecule has 1 N–H and O–H groups in total. The molecule has 1 fully saturated rings. The number of para-hydroxylation sites is 3. The van der Waals surface area contributed by atoms with Crippen LogP contribution in [-0.2, 0) is 11.3 Å². The van der Waals surface area contributed by atoms with Crippen molar-refractivity contribution in [3.63, 3.8) is 0 Å². The summed E-state index contributed by atoms with van der Waals surface area (Å²) >= 11 is 1.60. The largest absolute Gasteiger partial charge is 0.496 e. The van der Waals surface area contributed by atoms with E-state index in [1.807, 2.05) is 53.4 Å². The maximum atomic E-state index is 12.1. The molecule has 1 saturated heterocycles. The lowest BCUT2D eigenvalue weighted by atomic mass is 10.2. The van der Waals surface area contributed by atoms with Crippen LogP contribution in [0.3, 0.4) is 0 Å². The zero-order chi connectivity index (χ0) is 18.6. The van der Waals surface area contributed by atoms with Crippen molar-refractivity contribution in [2.24, 2.45) is 0 Å². The molecule has 0 spiro atoms. The van der Waals surface area contributed by atoms with Crippen LogP contribution in [0.2, 0.25) is 0 Å². The Hall–Kier alpha value is -2.86. The maximum Gasteiger partial charge on any atom is 0.227 e. The van der Waals surface area contributed by atoms with Gasteiger partial charge in [0.2, 0.25) is 5.91 Å². The van der Waals surface area contributed by atoms with Gasteiger partial charge in [-0.3, -0.25) is 4.79 Å². The Balaban J connectivity index is 1.51. The predicted octanol–water partition coefficient (Wildman–Crippen LogP) is 4.56. The molecule has 5 nitrogen and oxygen atoms in total. The second kappa shape index (κ2) is 7.80. The van der Waals surface area contributed by atoms with E-state index in [0.29, 0.717) is 13.0 Å². The normalized spacial score (nSPS) is 13.8. The summed E-state index contributed by atoms with van der Waals surface area (Å²) in [5, 5.41) is 6.43. The second-order valence-corrected chi connectivity index (χ2v) is 7.22. The van der Waals surface area contributed by atoms with Gasteiger partial charge in [-0.15, -0.1) is 11.3 Å². The first kappa shape index (κ1) is 17.5. The highest BCUT2D eigenvalue weighted by molar-refractivity contribution is 7.13. The molecule has 0 saturated carbocycles. The number of anilines is 2. The first-order valence-electron chi connectivity index (χ1n) is 8.97. The Labute approximate surface area is 162 Å². The van der Waals surface area contributed by atoms with Crippen LogP contribution in [0.1, 0.15) is 18.5 Å². The van der Waals surface area contributed by atoms with Gasteiger partial charge in [0.1, 0.15) is 10.8 Å². The monoisotopic (exact) mass is 379 g/mol. The minimum atomic E-state index is 0.191. The third kappa shape index (κ3) is 3.66. The van der Waals surface area contributed by atoms with Crippen molar-refractivity contribution < 1.29 is 9.53 Å². The summed E-state index contributed by atoms with van der Waals surface area (Å²) in [5.74, 6) is 1.01. The van der Waals surface area contributed by atoms with E-state index in [1.54, 1.807) is 18.4 Å². The highest BCUT2D eigenvalue weighted by Gasteiger charge is 2.23. The van der Waals surface area contributed by atoms with Crippen LogP contribution in [0.4, 0.5) is 11.4 Å². The number of hydrogen-bond acceptors (Lipinski definition) is 5. The fourth-order valence-electron chi connectivity index (χ4n) is 3.28. The highest BCUT2D eigenvalue weighted by Crippen LogP contribution is 2.33. The van der Waals surface area contributed by atoms with Crippen molar-refractivity contribution in [2.75, 3.05) is 23.9 Å². The SMILES string of the molecule is COc1ccccc1-c1nc(CNc2ccccc2N2CCCC2=O)cs1. The van der Waals surface area contributed by atoms with Gasteiger partial charge in [-0.05, 0) is 30.7 Å². The Bertz CT molecular complexity index is 954. The van der Waals surface area contributed by atoms with Crippen LogP contribution < -0.4 is 15.0 Å². The minimum absolute atomic E-state index is 0.191. The first-order chi connectivity index (χ1) is 13.3. The number of benzene rings is 2. The molecule has 3 aromatic rings. The molecule has 27 heavy (non-hydrogen) atoms. The first-order valence-corrected chi connectivity index (χ1v) is 9.85. The van der Waals surface area contributed by atoms with Gasteiger partial charge in [0.05, 0.1) is 36.3 Å². The number of rotatable bonds is 6. The summed E-state index contributed by atoms with van der Waals surface area (Å²) in [5.41, 5.74) is 3.86. The molecule has 1 aromatic heterocycles. The number of carbonyl (C=O) groups excluding carboxylic acids is 1. The van der Waals surface area contributed by atoms with E-state index < -0.39 is 0 Å². The van der Waals surface area contributed by atoms with Crippen LogP contribution in [-0.4, -0.2) is 24.5 Å². The third-order valence-electron chi connectivity index (χ3n) is 4.62. The second-order valence-electron chi connectivity index (χ2n) is 6.36. The Morgan fingerprint density at radius 1 is 1.19 bits per heavy atom. The highest BCUT2D eigenvalue weighted by atomic mass is 32.1. The molecule has 1 amide bonds. The number of nitrogens with one attached hydrogen (secondary N) is 1. The number of aromatic nitrogens is 1. The van der Waals surface area contributed by atoms with E-state index >= 15 is 0 Å². The van der Waals surface area contributed by atoms with Crippen molar-refractivity contribution in [2.45, 2.75) is 19.4 Å². The van der Waals surface area contributed by atoms with Gasteiger partial charge in [-0.25, -0.2) is 4.98 Å². The van der Waals surface area contributed by atoms with Crippen molar-refractivity contribution in [1.82, 2.24) is 4.98 Å². The molecule has 1 aliphatic heterocycles. The Morgan fingerprint density at radius 2 is 2.00 bits per heavy atom. The number of nitrogens with zero attached hydrogens (tertiary/aromatic N) is 2. The summed E-state index contributed by atoms with van der Waals surface area (Å²) < 4.78 is 5.43. The van der Waals surface area contributed by atoms with Crippen molar-refractivity contribution in [3.05, 3.63) is 59.6 Å². The summed E-state index contributed by atoms with van der Waals surface area (Å²) in [4.78, 5) is 18.7. The molecule has 138 valence electrons. The maximum absolute atomic E-state index is 12.1. The zero-order valence-corrected chi connectivity index (χ0v) is 16.0. The quantitative estimate of drug-likeness (QED) is 0.682. The Kier molecular flexibility index (Phi) is 5.07. The molecule has 0 atom stereocenters. The summed E-state index contributed by atoms with van der Waals surface area (Å²) in [7, 11) is 1.67. The van der Waals surface area contributed by atoms with Gasteiger partial charge in [-0.1, -0.05) is 24.3 Å². The molecule has 4 rings (SSSR count). The number of ether oxygens (including phenoxy) is 1. The molecule has 0 unspecified atom stereocenters. The molecule has 6 heteroatoms. The minimum Gasteiger partial charge on any atom is -0.496 e. The van der Waals surface area contributed by atoms with E-state index in [1.165, 1.54) is 0 Å². The van der Waals surface area contributed by atoms with Gasteiger partial charge >= 0.3 is 0 Å². The number of hydrogen-bond donors (Lipinski definition) is 1. The standard InChI is InChI=1S/C21H21N3O2S/c1-26-19-10-5-2-7-16(19)21-23-15(14-27-21)13-22-17-8-3-4-9-18(17)24-12-6-11-20(24)25/h2-5,7-10,14,22H,6,11-13H2,1H3. The summed E-state index contributed by atoms with van der Waals surface area (Å²) in [6.07, 6.45) is 1.55. The predicted molar refractivity (Wildman–Crippen MR) is 109 cm³/mol. The van der Waals surface area contributed by atoms with Crippen molar-refractivity contribution in [1.29, 1.82) is 0 Å². The number of thiazole rings is 1. The third-order valence-corrected chi connectivity index (χ3v) is 5.54. The van der Waals surface area contributed by atoms with Crippen LogP contribution in [0.5, 0.6) is 5.75 Å².